The molecule has 4 rings (SSSR count). The van der Waals surface area contributed by atoms with Crippen LogP contribution in [0.1, 0.15) is 21.8 Å². The summed E-state index contributed by atoms with van der Waals surface area (Å²) in [5.74, 6) is 1.93. The van der Waals surface area contributed by atoms with Crippen LogP contribution in [0.3, 0.4) is 0 Å². The molecular formula is C20H17ClN2O5. The van der Waals surface area contributed by atoms with E-state index in [4.69, 9.17) is 30.3 Å². The number of hydrogen-bond acceptors (Lipinski definition) is 6. The molecule has 2 aromatic carbocycles. The summed E-state index contributed by atoms with van der Waals surface area (Å²) < 4.78 is 21.9. The summed E-state index contributed by atoms with van der Waals surface area (Å²) in [5, 5.41) is 7.24. The van der Waals surface area contributed by atoms with Crippen molar-refractivity contribution >= 4 is 23.2 Å². The van der Waals surface area contributed by atoms with Crippen molar-refractivity contribution in [3.63, 3.8) is 0 Å². The van der Waals surface area contributed by atoms with Gasteiger partial charge in [0.25, 0.3) is 5.91 Å². The molecule has 0 atom stereocenters. The molecule has 1 aliphatic heterocycles. The molecule has 2 heterocycles. The zero-order valence-corrected chi connectivity index (χ0v) is 15.8. The first-order valence-electron chi connectivity index (χ1n) is 8.64. The average Bonchev–Trinajstić information content (AvgIpc) is 3.07. The standard InChI is InChI=1S/C20H17ClN2O5/c1-12-16(11-27-15-4-2-3-13(21)9-15)19(23-28-12)20(24)22-14-5-6-17-18(10-14)26-8-7-25-17/h2-6,9-10H,7-8,11H2,1H3,(H,22,24). The second-order valence-corrected chi connectivity index (χ2v) is 6.56. The molecule has 0 aliphatic carbocycles. The van der Waals surface area contributed by atoms with E-state index < -0.39 is 5.91 Å². The quantitative estimate of drug-likeness (QED) is 0.689. The SMILES string of the molecule is Cc1onc(C(=O)Nc2ccc3c(c2)OCCO3)c1COc1cccc(Cl)c1. The number of aryl methyl sites for hydroxylation is 1. The molecule has 0 saturated carbocycles. The molecule has 0 bridgehead atoms. The number of halogens is 1. The number of fused-ring (bicyclic) bond motifs is 1. The second kappa shape index (κ2) is 7.82. The Morgan fingerprint density at radius 2 is 2.00 bits per heavy atom. The molecule has 0 unspecified atom stereocenters. The van der Waals surface area contributed by atoms with Gasteiger partial charge >= 0.3 is 0 Å². The number of anilines is 1. The van der Waals surface area contributed by atoms with Gasteiger partial charge in [0, 0.05) is 16.8 Å². The molecule has 8 heteroatoms. The topological polar surface area (TPSA) is 82.8 Å². The molecule has 28 heavy (non-hydrogen) atoms. The predicted molar refractivity (Wildman–Crippen MR) is 102 cm³/mol. The molecule has 1 aromatic heterocycles. The van der Waals surface area contributed by atoms with Gasteiger partial charge in [-0.15, -0.1) is 0 Å². The Balaban J connectivity index is 1.49. The maximum absolute atomic E-state index is 12.7. The fraction of sp³-hybridized carbons (Fsp3) is 0.200. The monoisotopic (exact) mass is 400 g/mol. The number of aromatic nitrogens is 1. The predicted octanol–water partition coefficient (Wildman–Crippen LogP) is 4.24. The number of carbonyl (C=O) groups is 1. The van der Waals surface area contributed by atoms with Crippen molar-refractivity contribution in [3.05, 3.63) is 64.5 Å². The summed E-state index contributed by atoms with van der Waals surface area (Å²) in [6.07, 6.45) is 0. The van der Waals surface area contributed by atoms with Crippen molar-refractivity contribution < 1.29 is 23.5 Å². The van der Waals surface area contributed by atoms with E-state index in [1.54, 1.807) is 49.4 Å². The molecule has 7 nitrogen and oxygen atoms in total. The Kier molecular flexibility index (Phi) is 5.08. The molecule has 0 saturated heterocycles. The van der Waals surface area contributed by atoms with Gasteiger partial charge < -0.3 is 24.1 Å². The normalized spacial score (nSPS) is 12.5. The Labute approximate surface area is 166 Å². The van der Waals surface area contributed by atoms with Crippen LogP contribution >= 0.6 is 11.6 Å². The number of nitrogens with one attached hydrogen (secondary N) is 1. The van der Waals surface area contributed by atoms with E-state index in [9.17, 15) is 4.79 Å². The highest BCUT2D eigenvalue weighted by Crippen LogP contribution is 2.32. The van der Waals surface area contributed by atoms with Crippen LogP contribution < -0.4 is 19.5 Å². The van der Waals surface area contributed by atoms with Gasteiger partial charge in [-0.05, 0) is 37.3 Å². The van der Waals surface area contributed by atoms with Crippen LogP contribution in [0.2, 0.25) is 5.02 Å². The molecule has 144 valence electrons. The van der Waals surface area contributed by atoms with E-state index in [-0.39, 0.29) is 12.3 Å². The van der Waals surface area contributed by atoms with Gasteiger partial charge in [-0.3, -0.25) is 4.79 Å². The third-order valence-electron chi connectivity index (χ3n) is 4.18. The van der Waals surface area contributed by atoms with Crippen LogP contribution in [0.15, 0.2) is 47.0 Å². The molecule has 3 aromatic rings. The van der Waals surface area contributed by atoms with Crippen LogP contribution in [-0.2, 0) is 6.61 Å². The van der Waals surface area contributed by atoms with Crippen molar-refractivity contribution in [2.45, 2.75) is 13.5 Å². The Bertz CT molecular complexity index is 1020. The summed E-state index contributed by atoms with van der Waals surface area (Å²) in [4.78, 5) is 12.7. The van der Waals surface area contributed by atoms with Crippen molar-refractivity contribution in [3.8, 4) is 17.2 Å². The molecular weight excluding hydrogens is 384 g/mol. The minimum absolute atomic E-state index is 0.125. The lowest BCUT2D eigenvalue weighted by molar-refractivity contribution is 0.101. The van der Waals surface area contributed by atoms with Crippen LogP contribution in [0.4, 0.5) is 5.69 Å². The van der Waals surface area contributed by atoms with E-state index in [1.165, 1.54) is 0 Å². The minimum atomic E-state index is -0.404. The van der Waals surface area contributed by atoms with Gasteiger partial charge in [0.05, 0.1) is 5.56 Å². The highest BCUT2D eigenvalue weighted by atomic mass is 35.5. The largest absolute Gasteiger partial charge is 0.489 e. The Hall–Kier alpha value is -3.19. The first-order chi connectivity index (χ1) is 13.6. The first kappa shape index (κ1) is 18.2. The smallest absolute Gasteiger partial charge is 0.278 e. The van der Waals surface area contributed by atoms with E-state index in [0.717, 1.165) is 0 Å². The second-order valence-electron chi connectivity index (χ2n) is 6.12. The number of ether oxygens (including phenoxy) is 3. The van der Waals surface area contributed by atoms with E-state index in [1.807, 2.05) is 0 Å². The lowest BCUT2D eigenvalue weighted by atomic mass is 10.2. The first-order valence-corrected chi connectivity index (χ1v) is 9.02. The molecule has 1 N–H and O–H groups in total. The summed E-state index contributed by atoms with van der Waals surface area (Å²) in [6, 6.07) is 12.2. The van der Waals surface area contributed by atoms with Crippen molar-refractivity contribution in [2.75, 3.05) is 18.5 Å². The molecule has 0 spiro atoms. The van der Waals surface area contributed by atoms with Crippen molar-refractivity contribution in [1.82, 2.24) is 5.16 Å². The molecule has 0 fully saturated rings. The third kappa shape index (κ3) is 3.89. The maximum Gasteiger partial charge on any atom is 0.278 e. The van der Waals surface area contributed by atoms with Gasteiger partial charge in [-0.2, -0.15) is 0 Å². The van der Waals surface area contributed by atoms with Crippen LogP contribution in [0.5, 0.6) is 17.2 Å². The van der Waals surface area contributed by atoms with Crippen LogP contribution in [0, 0.1) is 6.92 Å². The highest BCUT2D eigenvalue weighted by molar-refractivity contribution is 6.30. The molecule has 0 radical (unpaired) electrons. The van der Waals surface area contributed by atoms with Gasteiger partial charge in [-0.1, -0.05) is 22.8 Å². The Morgan fingerprint density at radius 1 is 1.18 bits per heavy atom. The van der Waals surface area contributed by atoms with E-state index in [2.05, 4.69) is 10.5 Å². The lowest BCUT2D eigenvalue weighted by Gasteiger charge is -2.18. The van der Waals surface area contributed by atoms with Crippen molar-refractivity contribution in [2.24, 2.45) is 0 Å². The summed E-state index contributed by atoms with van der Waals surface area (Å²) in [6.45, 7) is 2.83. The molecule has 1 aliphatic rings. The van der Waals surface area contributed by atoms with Crippen molar-refractivity contribution in [1.29, 1.82) is 0 Å². The zero-order chi connectivity index (χ0) is 19.5. The lowest BCUT2D eigenvalue weighted by Crippen LogP contribution is -2.17. The van der Waals surface area contributed by atoms with Gasteiger partial charge in [0.1, 0.15) is 31.3 Å². The van der Waals surface area contributed by atoms with E-state index in [0.29, 0.717) is 52.5 Å². The number of rotatable bonds is 5. The Morgan fingerprint density at radius 3 is 2.82 bits per heavy atom. The van der Waals surface area contributed by atoms with Gasteiger partial charge in [0.2, 0.25) is 0 Å². The fourth-order valence-corrected chi connectivity index (χ4v) is 2.94. The maximum atomic E-state index is 12.7. The van der Waals surface area contributed by atoms with Crippen LogP contribution in [0.25, 0.3) is 0 Å². The number of nitrogens with zero attached hydrogens (tertiary/aromatic N) is 1. The number of benzene rings is 2. The summed E-state index contributed by atoms with van der Waals surface area (Å²) in [5.41, 5.74) is 1.29. The average molecular weight is 401 g/mol. The van der Waals surface area contributed by atoms with E-state index >= 15 is 0 Å². The van der Waals surface area contributed by atoms with Crippen LogP contribution in [-0.4, -0.2) is 24.3 Å². The van der Waals surface area contributed by atoms with Gasteiger partial charge in [-0.25, -0.2) is 0 Å². The van der Waals surface area contributed by atoms with Gasteiger partial charge in [0.15, 0.2) is 17.2 Å². The fourth-order valence-electron chi connectivity index (χ4n) is 2.76. The third-order valence-corrected chi connectivity index (χ3v) is 4.41. The summed E-state index contributed by atoms with van der Waals surface area (Å²) in [7, 11) is 0. The molecule has 1 amide bonds. The number of carbonyl (C=O) groups excluding carboxylic acids is 1. The number of amides is 1. The minimum Gasteiger partial charge on any atom is -0.489 e. The zero-order valence-electron chi connectivity index (χ0n) is 15.0. The number of hydrogen-bond donors (Lipinski definition) is 1. The summed E-state index contributed by atoms with van der Waals surface area (Å²) >= 11 is 5.97. The highest BCUT2D eigenvalue weighted by Gasteiger charge is 2.21.